The van der Waals surface area contributed by atoms with Crippen LogP contribution in [0.25, 0.3) is 0 Å². The van der Waals surface area contributed by atoms with Gasteiger partial charge in [-0.25, -0.2) is 0 Å². The van der Waals surface area contributed by atoms with Crippen molar-refractivity contribution in [1.29, 1.82) is 0 Å². The summed E-state index contributed by atoms with van der Waals surface area (Å²) in [5.74, 6) is -0.435. The molecule has 2 unspecified atom stereocenters. The van der Waals surface area contributed by atoms with Gasteiger partial charge in [-0.05, 0) is 25.8 Å². The fourth-order valence-electron chi connectivity index (χ4n) is 4.21. The summed E-state index contributed by atoms with van der Waals surface area (Å²) in [5, 5.41) is 3.19. The molecule has 1 aliphatic heterocycles. The van der Waals surface area contributed by atoms with Crippen molar-refractivity contribution in [2.45, 2.75) is 32.1 Å². The maximum Gasteiger partial charge on any atom is 0.315 e. The summed E-state index contributed by atoms with van der Waals surface area (Å²) >= 11 is 0. The highest BCUT2D eigenvalue weighted by Crippen LogP contribution is 2.51. The average molecular weight is 401 g/mol. The van der Waals surface area contributed by atoms with Gasteiger partial charge in [0.25, 0.3) is 0 Å². The second-order valence-electron chi connectivity index (χ2n) is 6.95. The van der Waals surface area contributed by atoms with E-state index in [1.54, 1.807) is 13.0 Å². The first-order valence-electron chi connectivity index (χ1n) is 9.65. The number of carbonyl (C=O) groups is 2. The molecule has 1 aromatic rings. The van der Waals surface area contributed by atoms with Gasteiger partial charge >= 0.3 is 5.97 Å². The number of Topliss-reactive ketones (excluding diaryl/α,β-unsaturated/α-hetero) is 1. The molecule has 1 aliphatic carbocycles. The van der Waals surface area contributed by atoms with Crippen LogP contribution in [0.15, 0.2) is 35.7 Å². The predicted molar refractivity (Wildman–Crippen MR) is 107 cm³/mol. The fraction of sp³-hybridized carbons (Fsp3) is 0.455. The molecule has 0 amide bonds. The van der Waals surface area contributed by atoms with Crippen molar-refractivity contribution in [3.63, 3.8) is 0 Å². The number of hydrogen-bond acceptors (Lipinski definition) is 7. The third-order valence-corrected chi connectivity index (χ3v) is 5.40. The number of esters is 1. The van der Waals surface area contributed by atoms with Crippen LogP contribution >= 0.6 is 0 Å². The molecule has 2 aliphatic rings. The number of nitrogens with one attached hydrogen (secondary N) is 1. The van der Waals surface area contributed by atoms with Gasteiger partial charge in [0.05, 0.1) is 27.9 Å². The Hall–Kier alpha value is -2.96. The first-order chi connectivity index (χ1) is 14.0. The first-order valence-corrected chi connectivity index (χ1v) is 9.65. The van der Waals surface area contributed by atoms with Gasteiger partial charge < -0.3 is 24.3 Å². The zero-order valence-electron chi connectivity index (χ0n) is 17.3. The van der Waals surface area contributed by atoms with Crippen LogP contribution in [0.3, 0.4) is 0 Å². The smallest absolute Gasteiger partial charge is 0.315 e. The molecular weight excluding hydrogens is 374 g/mol. The van der Waals surface area contributed by atoms with Crippen LogP contribution in [0.2, 0.25) is 0 Å². The lowest BCUT2D eigenvalue weighted by molar-refractivity contribution is -0.147. The lowest BCUT2D eigenvalue weighted by Crippen LogP contribution is -2.41. The molecule has 0 saturated carbocycles. The zero-order valence-corrected chi connectivity index (χ0v) is 17.3. The van der Waals surface area contributed by atoms with Crippen LogP contribution in [0, 0.1) is 5.92 Å². The standard InChI is InChI=1S/C22H27NO6/c1-6-29-22(25)17-12(2)23-14-8-7-9-15(24)19(14)18(17)13-10-11-16(26-3)21(28-5)20(13)27-4/h10-11,17-18,23H,2,6-9H2,1,3-5H3. The summed E-state index contributed by atoms with van der Waals surface area (Å²) < 4.78 is 21.9. The molecule has 156 valence electrons. The molecule has 7 nitrogen and oxygen atoms in total. The zero-order chi connectivity index (χ0) is 21.1. The van der Waals surface area contributed by atoms with Gasteiger partial charge in [0.2, 0.25) is 5.75 Å². The summed E-state index contributed by atoms with van der Waals surface area (Å²) in [6, 6.07) is 3.55. The van der Waals surface area contributed by atoms with Gasteiger partial charge in [0.1, 0.15) is 5.92 Å². The summed E-state index contributed by atoms with van der Waals surface area (Å²) in [4.78, 5) is 25.8. The van der Waals surface area contributed by atoms with Crippen molar-refractivity contribution in [1.82, 2.24) is 5.32 Å². The van der Waals surface area contributed by atoms with Gasteiger partial charge in [0.15, 0.2) is 17.3 Å². The van der Waals surface area contributed by atoms with Gasteiger partial charge in [0, 0.05) is 34.9 Å². The molecule has 3 rings (SSSR count). The number of rotatable bonds is 6. The van der Waals surface area contributed by atoms with E-state index in [9.17, 15) is 9.59 Å². The molecule has 1 N–H and O–H groups in total. The van der Waals surface area contributed by atoms with Crippen LogP contribution in [-0.2, 0) is 14.3 Å². The maximum atomic E-state index is 12.9. The second-order valence-corrected chi connectivity index (χ2v) is 6.95. The Bertz CT molecular complexity index is 872. The Kier molecular flexibility index (Phi) is 6.15. The minimum absolute atomic E-state index is 0.0161. The SMILES string of the molecule is C=C1NC2=C(C(=O)CCC2)C(c2ccc(OC)c(OC)c2OC)C1C(=O)OCC. The van der Waals surface area contributed by atoms with Gasteiger partial charge in [-0.1, -0.05) is 12.6 Å². The summed E-state index contributed by atoms with van der Waals surface area (Å²) in [6.45, 7) is 6.05. The third-order valence-electron chi connectivity index (χ3n) is 5.40. The highest BCUT2D eigenvalue weighted by molar-refractivity contribution is 6.00. The number of benzene rings is 1. The lowest BCUT2D eigenvalue weighted by Gasteiger charge is -2.38. The van der Waals surface area contributed by atoms with Crippen LogP contribution in [0.1, 0.15) is 37.7 Å². The summed E-state index contributed by atoms with van der Waals surface area (Å²) in [6.07, 6.45) is 1.92. The molecule has 0 bridgehead atoms. The molecule has 0 spiro atoms. The quantitative estimate of drug-likeness (QED) is 0.734. The van der Waals surface area contributed by atoms with E-state index >= 15 is 0 Å². The van der Waals surface area contributed by atoms with E-state index in [-0.39, 0.29) is 12.4 Å². The van der Waals surface area contributed by atoms with Crippen molar-refractivity contribution in [2.75, 3.05) is 27.9 Å². The summed E-state index contributed by atoms with van der Waals surface area (Å²) in [5.41, 5.74) is 2.58. The molecule has 29 heavy (non-hydrogen) atoms. The molecule has 1 heterocycles. The Labute approximate surface area is 170 Å². The van der Waals surface area contributed by atoms with Gasteiger partial charge in [-0.3, -0.25) is 9.59 Å². The molecule has 1 aromatic carbocycles. The number of hydrogen-bond donors (Lipinski definition) is 1. The van der Waals surface area contributed by atoms with E-state index in [1.807, 2.05) is 6.07 Å². The maximum absolute atomic E-state index is 12.9. The molecule has 0 fully saturated rings. The van der Waals surface area contributed by atoms with Gasteiger partial charge in [-0.2, -0.15) is 0 Å². The van der Waals surface area contributed by atoms with E-state index < -0.39 is 17.8 Å². The minimum atomic E-state index is -0.761. The second kappa shape index (κ2) is 8.59. The van der Waals surface area contributed by atoms with Crippen molar-refractivity contribution in [3.05, 3.63) is 41.2 Å². The van der Waals surface area contributed by atoms with Crippen molar-refractivity contribution in [3.8, 4) is 17.2 Å². The molecule has 0 radical (unpaired) electrons. The summed E-state index contributed by atoms with van der Waals surface area (Å²) in [7, 11) is 4.58. The molecular formula is C22H27NO6. The van der Waals surface area contributed by atoms with E-state index in [0.717, 1.165) is 18.5 Å². The van der Waals surface area contributed by atoms with Crippen molar-refractivity contribution in [2.24, 2.45) is 5.92 Å². The van der Waals surface area contributed by atoms with Crippen LogP contribution in [0.5, 0.6) is 17.2 Å². The number of methoxy groups -OCH3 is 3. The molecule has 0 aromatic heterocycles. The Balaban J connectivity index is 2.27. The van der Waals surface area contributed by atoms with Crippen molar-refractivity contribution < 1.29 is 28.5 Å². The normalized spacial score (nSPS) is 21.2. The van der Waals surface area contributed by atoms with E-state index in [1.165, 1.54) is 21.3 Å². The molecule has 7 heteroatoms. The predicted octanol–water partition coefficient (Wildman–Crippen LogP) is 3.10. The fourth-order valence-corrected chi connectivity index (χ4v) is 4.21. The van der Waals surface area contributed by atoms with Crippen LogP contribution in [-0.4, -0.2) is 39.7 Å². The Morgan fingerprint density at radius 2 is 1.86 bits per heavy atom. The molecule has 2 atom stereocenters. The number of carbonyl (C=O) groups excluding carboxylic acids is 2. The monoisotopic (exact) mass is 401 g/mol. The topological polar surface area (TPSA) is 83.1 Å². The third kappa shape index (κ3) is 3.57. The van der Waals surface area contributed by atoms with E-state index in [4.69, 9.17) is 18.9 Å². The first kappa shape index (κ1) is 20.8. The van der Waals surface area contributed by atoms with E-state index in [2.05, 4.69) is 11.9 Å². The largest absolute Gasteiger partial charge is 0.493 e. The number of ether oxygens (including phenoxy) is 4. The van der Waals surface area contributed by atoms with Crippen LogP contribution in [0.4, 0.5) is 0 Å². The highest BCUT2D eigenvalue weighted by atomic mass is 16.5. The van der Waals surface area contributed by atoms with Gasteiger partial charge in [-0.15, -0.1) is 0 Å². The van der Waals surface area contributed by atoms with E-state index in [0.29, 0.717) is 40.5 Å². The van der Waals surface area contributed by atoms with Crippen LogP contribution < -0.4 is 19.5 Å². The Morgan fingerprint density at radius 1 is 1.14 bits per heavy atom. The molecule has 0 saturated heterocycles. The van der Waals surface area contributed by atoms with Crippen molar-refractivity contribution >= 4 is 11.8 Å². The number of allylic oxidation sites excluding steroid dienone is 2. The average Bonchev–Trinajstić information content (AvgIpc) is 2.71. The lowest BCUT2D eigenvalue weighted by atomic mass is 9.71. The minimum Gasteiger partial charge on any atom is -0.493 e. The highest BCUT2D eigenvalue weighted by Gasteiger charge is 2.45. The number of ketones is 1. The Morgan fingerprint density at radius 3 is 2.48 bits per heavy atom.